The second kappa shape index (κ2) is 5.57. The number of nitrogens with one attached hydrogen (secondary N) is 1. The highest BCUT2D eigenvalue weighted by molar-refractivity contribution is 7.90. The Labute approximate surface area is 80.3 Å². The van der Waals surface area contributed by atoms with Gasteiger partial charge in [-0.05, 0) is 12.8 Å². The molecule has 0 aromatic heterocycles. The summed E-state index contributed by atoms with van der Waals surface area (Å²) in [6.45, 7) is 4.42. The molecule has 2 unspecified atom stereocenters. The van der Waals surface area contributed by atoms with Crippen LogP contribution < -0.4 is 5.32 Å². The number of hydrogen-bond acceptors (Lipinski definition) is 4. The van der Waals surface area contributed by atoms with Crippen LogP contribution in [0.25, 0.3) is 0 Å². The number of aliphatic hydroxyl groups is 1. The molecule has 0 fully saturated rings. The fourth-order valence-electron chi connectivity index (χ4n) is 0.831. The van der Waals surface area contributed by atoms with Crippen molar-refractivity contribution in [1.82, 2.24) is 5.32 Å². The molecule has 0 aliphatic carbocycles. The Balaban J connectivity index is 3.65. The van der Waals surface area contributed by atoms with Crippen molar-refractivity contribution in [2.45, 2.75) is 19.9 Å². The van der Waals surface area contributed by atoms with Crippen LogP contribution in [-0.2, 0) is 9.84 Å². The quantitative estimate of drug-likeness (QED) is 0.627. The number of rotatable bonds is 6. The Morgan fingerprint density at radius 3 is 2.31 bits per heavy atom. The molecule has 0 bridgehead atoms. The van der Waals surface area contributed by atoms with Crippen molar-refractivity contribution >= 4 is 9.84 Å². The monoisotopic (exact) mass is 209 g/mol. The molecule has 0 heterocycles. The van der Waals surface area contributed by atoms with Gasteiger partial charge < -0.3 is 10.4 Å². The van der Waals surface area contributed by atoms with E-state index in [0.717, 1.165) is 0 Å². The minimum atomic E-state index is -2.88. The summed E-state index contributed by atoms with van der Waals surface area (Å²) in [5.74, 6) is 0.301. The molecule has 13 heavy (non-hydrogen) atoms. The average molecular weight is 209 g/mol. The molecule has 0 aromatic rings. The molecule has 0 aliphatic rings. The second-order valence-electron chi connectivity index (χ2n) is 3.53. The maximum absolute atomic E-state index is 10.8. The summed E-state index contributed by atoms with van der Waals surface area (Å²) >= 11 is 0. The molecule has 0 saturated heterocycles. The number of hydrogen-bond donors (Lipinski definition) is 2. The van der Waals surface area contributed by atoms with E-state index in [1.54, 1.807) is 0 Å². The third-order valence-corrected chi connectivity index (χ3v) is 3.03. The van der Waals surface area contributed by atoms with Crippen LogP contribution in [0, 0.1) is 5.92 Å². The largest absolute Gasteiger partial charge is 0.396 e. The van der Waals surface area contributed by atoms with Crippen LogP contribution in [0.1, 0.15) is 13.8 Å². The summed E-state index contributed by atoms with van der Waals surface area (Å²) in [5.41, 5.74) is 0. The lowest BCUT2D eigenvalue weighted by Crippen LogP contribution is -2.36. The van der Waals surface area contributed by atoms with Crippen LogP contribution in [0.2, 0.25) is 0 Å². The lowest BCUT2D eigenvalue weighted by molar-refractivity contribution is 0.208. The van der Waals surface area contributed by atoms with Crippen LogP contribution >= 0.6 is 0 Å². The first-order chi connectivity index (χ1) is 5.87. The van der Waals surface area contributed by atoms with Crippen molar-refractivity contribution in [2.75, 3.05) is 25.2 Å². The second-order valence-corrected chi connectivity index (χ2v) is 5.79. The van der Waals surface area contributed by atoms with E-state index in [9.17, 15) is 8.42 Å². The molecule has 0 saturated carbocycles. The maximum atomic E-state index is 10.8. The Hall–Kier alpha value is -0.130. The van der Waals surface area contributed by atoms with Crippen LogP contribution in [0.3, 0.4) is 0 Å². The molecule has 0 amide bonds. The van der Waals surface area contributed by atoms with Gasteiger partial charge in [-0.3, -0.25) is 0 Å². The lowest BCUT2D eigenvalue weighted by atomic mass is 10.1. The van der Waals surface area contributed by atoms with Gasteiger partial charge in [0.15, 0.2) is 0 Å². The van der Waals surface area contributed by atoms with Crippen LogP contribution in [0.4, 0.5) is 0 Å². The topological polar surface area (TPSA) is 66.4 Å². The first kappa shape index (κ1) is 12.9. The summed E-state index contributed by atoms with van der Waals surface area (Å²) in [5, 5.41) is 11.9. The Morgan fingerprint density at radius 2 is 1.92 bits per heavy atom. The SMILES string of the molecule is CC(CO)C(C)NCCS(C)(=O)=O. The summed E-state index contributed by atoms with van der Waals surface area (Å²) in [4.78, 5) is 0. The van der Waals surface area contributed by atoms with E-state index in [2.05, 4.69) is 5.32 Å². The molecule has 0 spiro atoms. The number of sulfone groups is 1. The normalized spacial score (nSPS) is 16.9. The standard InChI is InChI=1S/C8H19NO3S/c1-7(6-10)8(2)9-4-5-13(3,11)12/h7-10H,4-6H2,1-3H3. The predicted octanol–water partition coefficient (Wildman–Crippen LogP) is -0.362. The predicted molar refractivity (Wildman–Crippen MR) is 53.4 cm³/mol. The molecule has 0 aromatic carbocycles. The minimum absolute atomic E-state index is 0.118. The average Bonchev–Trinajstić information content (AvgIpc) is 2.00. The zero-order valence-corrected chi connectivity index (χ0v) is 9.26. The van der Waals surface area contributed by atoms with E-state index in [-0.39, 0.29) is 24.3 Å². The van der Waals surface area contributed by atoms with Gasteiger partial charge in [-0.15, -0.1) is 0 Å². The van der Waals surface area contributed by atoms with Gasteiger partial charge in [0, 0.05) is 25.4 Å². The van der Waals surface area contributed by atoms with Gasteiger partial charge in [0.05, 0.1) is 5.75 Å². The van der Waals surface area contributed by atoms with Gasteiger partial charge in [-0.25, -0.2) is 8.42 Å². The zero-order chi connectivity index (χ0) is 10.5. The van der Waals surface area contributed by atoms with Gasteiger partial charge in [-0.1, -0.05) is 6.92 Å². The molecule has 4 nitrogen and oxygen atoms in total. The molecule has 0 radical (unpaired) electrons. The van der Waals surface area contributed by atoms with Crippen molar-refractivity contribution in [1.29, 1.82) is 0 Å². The van der Waals surface area contributed by atoms with Gasteiger partial charge >= 0.3 is 0 Å². The van der Waals surface area contributed by atoms with E-state index < -0.39 is 9.84 Å². The van der Waals surface area contributed by atoms with Crippen molar-refractivity contribution in [3.63, 3.8) is 0 Å². The van der Waals surface area contributed by atoms with E-state index in [1.165, 1.54) is 6.26 Å². The van der Waals surface area contributed by atoms with E-state index in [1.807, 2.05) is 13.8 Å². The zero-order valence-electron chi connectivity index (χ0n) is 8.45. The first-order valence-electron chi connectivity index (χ1n) is 4.38. The fraction of sp³-hybridized carbons (Fsp3) is 1.00. The van der Waals surface area contributed by atoms with Crippen LogP contribution in [-0.4, -0.2) is 44.7 Å². The highest BCUT2D eigenvalue weighted by Crippen LogP contribution is 1.99. The Morgan fingerprint density at radius 1 is 1.38 bits per heavy atom. The molecule has 2 N–H and O–H groups in total. The molecule has 5 heteroatoms. The smallest absolute Gasteiger partial charge is 0.148 e. The highest BCUT2D eigenvalue weighted by atomic mass is 32.2. The van der Waals surface area contributed by atoms with E-state index >= 15 is 0 Å². The van der Waals surface area contributed by atoms with Crippen molar-refractivity contribution < 1.29 is 13.5 Å². The molecule has 80 valence electrons. The molecule has 0 aliphatic heterocycles. The van der Waals surface area contributed by atoms with Crippen LogP contribution in [0.5, 0.6) is 0 Å². The highest BCUT2D eigenvalue weighted by Gasteiger charge is 2.10. The van der Waals surface area contributed by atoms with E-state index in [0.29, 0.717) is 6.54 Å². The summed E-state index contributed by atoms with van der Waals surface area (Å²) in [6.07, 6.45) is 1.22. The summed E-state index contributed by atoms with van der Waals surface area (Å²) in [7, 11) is -2.88. The van der Waals surface area contributed by atoms with Gasteiger partial charge in [0.25, 0.3) is 0 Å². The fourth-order valence-corrected chi connectivity index (χ4v) is 1.32. The first-order valence-corrected chi connectivity index (χ1v) is 6.45. The summed E-state index contributed by atoms with van der Waals surface area (Å²) < 4.78 is 21.5. The van der Waals surface area contributed by atoms with Crippen molar-refractivity contribution in [3.05, 3.63) is 0 Å². The maximum Gasteiger partial charge on any atom is 0.148 e. The third-order valence-electron chi connectivity index (χ3n) is 2.08. The van der Waals surface area contributed by atoms with Crippen molar-refractivity contribution in [2.24, 2.45) is 5.92 Å². The Bertz CT molecular complexity index is 226. The van der Waals surface area contributed by atoms with Gasteiger partial charge in [-0.2, -0.15) is 0 Å². The van der Waals surface area contributed by atoms with Gasteiger partial charge in [0.1, 0.15) is 9.84 Å². The van der Waals surface area contributed by atoms with Crippen molar-refractivity contribution in [3.8, 4) is 0 Å². The molecular formula is C8H19NO3S. The molecule has 0 rings (SSSR count). The molecule has 2 atom stereocenters. The van der Waals surface area contributed by atoms with E-state index in [4.69, 9.17) is 5.11 Å². The number of aliphatic hydroxyl groups excluding tert-OH is 1. The Kier molecular flexibility index (Phi) is 5.51. The lowest BCUT2D eigenvalue weighted by Gasteiger charge is -2.18. The van der Waals surface area contributed by atoms with Gasteiger partial charge in [0.2, 0.25) is 0 Å². The minimum Gasteiger partial charge on any atom is -0.396 e. The summed E-state index contributed by atoms with van der Waals surface area (Å²) in [6, 6.07) is 0.145. The van der Waals surface area contributed by atoms with Crippen LogP contribution in [0.15, 0.2) is 0 Å². The molecular weight excluding hydrogens is 190 g/mol. The third kappa shape index (κ3) is 6.98.